The molecule has 2 aromatic carbocycles. The van der Waals surface area contributed by atoms with Gasteiger partial charge in [-0.2, -0.15) is 0 Å². The van der Waals surface area contributed by atoms with E-state index in [1.165, 1.54) is 4.90 Å². The Hall–Kier alpha value is -2.42. The van der Waals surface area contributed by atoms with E-state index in [1.54, 1.807) is 11.9 Å². The lowest BCUT2D eigenvalue weighted by Gasteiger charge is -2.44. The van der Waals surface area contributed by atoms with E-state index in [9.17, 15) is 9.59 Å². The number of amides is 3. The zero-order valence-electron chi connectivity index (χ0n) is 17.4. The molecule has 0 radical (unpaired) electrons. The largest absolute Gasteiger partial charge is 0.343 e. The van der Waals surface area contributed by atoms with Gasteiger partial charge in [0.05, 0.1) is 0 Å². The Morgan fingerprint density at radius 2 is 1.77 bits per heavy atom. The normalized spacial score (nSPS) is 26.3. The van der Waals surface area contributed by atoms with Gasteiger partial charge in [0.25, 0.3) is 5.91 Å². The molecule has 162 valence electrons. The summed E-state index contributed by atoms with van der Waals surface area (Å²) in [5.41, 5.74) is 2.22. The van der Waals surface area contributed by atoms with Crippen LogP contribution in [0.15, 0.2) is 59.1 Å². The maximum Gasteiger partial charge on any atom is 0.327 e. The molecule has 0 aromatic heterocycles. The van der Waals surface area contributed by atoms with E-state index in [4.69, 9.17) is 0 Å². The Balaban J connectivity index is 1.38. The van der Waals surface area contributed by atoms with Gasteiger partial charge in [-0.1, -0.05) is 46.3 Å². The quantitative estimate of drug-likeness (QED) is 0.724. The van der Waals surface area contributed by atoms with Crippen LogP contribution in [0.2, 0.25) is 0 Å². The van der Waals surface area contributed by atoms with Crippen molar-refractivity contribution in [3.8, 4) is 0 Å². The topological polar surface area (TPSA) is 59.1 Å². The summed E-state index contributed by atoms with van der Waals surface area (Å²) in [6, 6.07) is 17.6. The third-order valence-electron chi connectivity index (χ3n) is 6.50. The van der Waals surface area contributed by atoms with Crippen molar-refractivity contribution in [2.75, 3.05) is 31.6 Å². The van der Waals surface area contributed by atoms with Gasteiger partial charge >= 0.3 is 6.03 Å². The molecule has 8 heteroatoms. The van der Waals surface area contributed by atoms with E-state index in [0.717, 1.165) is 35.2 Å². The van der Waals surface area contributed by atoms with E-state index in [0.29, 0.717) is 13.0 Å². The van der Waals surface area contributed by atoms with Crippen molar-refractivity contribution in [2.45, 2.75) is 31.3 Å². The average molecular weight is 484 g/mol. The first-order valence-electron chi connectivity index (χ1n) is 10.7. The average Bonchev–Trinajstić information content (AvgIpc) is 3.19. The molecule has 2 aromatic rings. The fourth-order valence-electron chi connectivity index (χ4n) is 4.91. The minimum Gasteiger partial charge on any atom is -0.343 e. The minimum atomic E-state index is -0.373. The molecule has 3 aliphatic heterocycles. The number of carbonyl (C=O) groups excluding carboxylic acids is 2. The van der Waals surface area contributed by atoms with Crippen LogP contribution in [0.25, 0.3) is 0 Å². The second-order valence-corrected chi connectivity index (χ2v) is 9.23. The molecular formula is C23H26BrN5O2. The van der Waals surface area contributed by atoms with Gasteiger partial charge in [-0.3, -0.25) is 19.9 Å². The summed E-state index contributed by atoms with van der Waals surface area (Å²) >= 11 is 3.50. The van der Waals surface area contributed by atoms with Gasteiger partial charge < -0.3 is 9.80 Å². The number of imide groups is 1. The number of likely N-dealkylation sites (N-methyl/N-ethyl adjacent to an activating group) is 1. The van der Waals surface area contributed by atoms with Gasteiger partial charge in [-0.25, -0.2) is 4.79 Å². The maximum absolute atomic E-state index is 13.5. The fraction of sp³-hybridized carbons (Fsp3) is 0.391. The van der Waals surface area contributed by atoms with Crippen molar-refractivity contribution < 1.29 is 9.59 Å². The van der Waals surface area contributed by atoms with Crippen molar-refractivity contribution in [3.05, 3.63) is 64.6 Å². The van der Waals surface area contributed by atoms with Gasteiger partial charge in [-0.15, -0.1) is 0 Å². The summed E-state index contributed by atoms with van der Waals surface area (Å²) in [7, 11) is 1.79. The number of halogens is 1. The highest BCUT2D eigenvalue weighted by Crippen LogP contribution is 2.33. The Morgan fingerprint density at radius 3 is 2.52 bits per heavy atom. The van der Waals surface area contributed by atoms with Crippen LogP contribution in [0.5, 0.6) is 0 Å². The number of anilines is 1. The van der Waals surface area contributed by atoms with Crippen LogP contribution in [0, 0.1) is 0 Å². The van der Waals surface area contributed by atoms with Crippen molar-refractivity contribution in [2.24, 2.45) is 0 Å². The number of fused-ring (bicyclic) bond motifs is 3. The molecule has 3 aliphatic rings. The molecule has 3 amide bonds. The van der Waals surface area contributed by atoms with Gasteiger partial charge in [0, 0.05) is 36.8 Å². The summed E-state index contributed by atoms with van der Waals surface area (Å²) in [5.74, 6) is -0.100. The zero-order chi connectivity index (χ0) is 21.5. The number of benzene rings is 2. The molecule has 0 spiro atoms. The van der Waals surface area contributed by atoms with E-state index >= 15 is 0 Å². The molecule has 31 heavy (non-hydrogen) atoms. The second-order valence-electron chi connectivity index (χ2n) is 8.31. The molecular weight excluding hydrogens is 458 g/mol. The summed E-state index contributed by atoms with van der Waals surface area (Å²) in [5, 5.41) is 3.56. The minimum absolute atomic E-state index is 0.100. The van der Waals surface area contributed by atoms with Crippen LogP contribution in [-0.4, -0.2) is 71.8 Å². The third-order valence-corrected chi connectivity index (χ3v) is 7.02. The number of nitrogens with one attached hydrogen (secondary N) is 1. The lowest BCUT2D eigenvalue weighted by atomic mass is 10.1. The molecule has 3 unspecified atom stereocenters. The van der Waals surface area contributed by atoms with Crippen LogP contribution in [0.1, 0.15) is 12.0 Å². The standard InChI is InChI=1S/C23H26BrN5O2/c1-26-20-19(21(30)29(23(26)31)15-12-16-6-3-2-4-7-16)28-14-5-13-27(22(28)25-20)18-10-8-17(24)9-11-18/h2-4,6-11,19-20,22,25H,5,12-15H2,1H3. The summed E-state index contributed by atoms with van der Waals surface area (Å²) in [6.07, 6.45) is 1.19. The van der Waals surface area contributed by atoms with Gasteiger partial charge in [0.15, 0.2) is 0 Å². The molecule has 3 atom stereocenters. The number of hydrogen-bond acceptors (Lipinski definition) is 5. The van der Waals surface area contributed by atoms with Crippen molar-refractivity contribution in [1.82, 2.24) is 20.0 Å². The first-order valence-corrected chi connectivity index (χ1v) is 11.5. The van der Waals surface area contributed by atoms with E-state index in [-0.39, 0.29) is 30.4 Å². The van der Waals surface area contributed by atoms with Gasteiger partial charge in [-0.05, 0) is 42.7 Å². The predicted octanol–water partition coefficient (Wildman–Crippen LogP) is 2.68. The maximum atomic E-state index is 13.5. The molecule has 7 nitrogen and oxygen atoms in total. The van der Waals surface area contributed by atoms with Crippen molar-refractivity contribution >= 4 is 33.6 Å². The number of nitrogens with zero attached hydrogens (tertiary/aromatic N) is 4. The van der Waals surface area contributed by atoms with Crippen molar-refractivity contribution in [1.29, 1.82) is 0 Å². The summed E-state index contributed by atoms with van der Waals surface area (Å²) in [6.45, 7) is 2.12. The summed E-state index contributed by atoms with van der Waals surface area (Å²) in [4.78, 5) is 34.2. The SMILES string of the molecule is CN1C(=O)N(CCc2ccccc2)C(=O)C2C1NC1N(c3ccc(Br)cc3)CCCN21. The first kappa shape index (κ1) is 20.5. The molecule has 0 aliphatic carbocycles. The van der Waals surface area contributed by atoms with Crippen LogP contribution in [0.4, 0.5) is 10.5 Å². The van der Waals surface area contributed by atoms with E-state index in [1.807, 2.05) is 42.5 Å². The lowest BCUT2D eigenvalue weighted by molar-refractivity contribution is -0.138. The fourth-order valence-corrected chi connectivity index (χ4v) is 5.17. The molecule has 3 heterocycles. The molecule has 3 fully saturated rings. The third kappa shape index (κ3) is 3.62. The Bertz CT molecular complexity index is 970. The Kier molecular flexibility index (Phi) is 5.45. The molecule has 1 N–H and O–H groups in total. The van der Waals surface area contributed by atoms with E-state index < -0.39 is 0 Å². The zero-order valence-corrected chi connectivity index (χ0v) is 19.0. The number of rotatable bonds is 4. The van der Waals surface area contributed by atoms with Crippen LogP contribution in [-0.2, 0) is 11.2 Å². The number of carbonyl (C=O) groups is 2. The highest BCUT2D eigenvalue weighted by molar-refractivity contribution is 9.10. The monoisotopic (exact) mass is 483 g/mol. The van der Waals surface area contributed by atoms with Gasteiger partial charge in [0.1, 0.15) is 18.5 Å². The highest BCUT2D eigenvalue weighted by Gasteiger charge is 2.55. The Morgan fingerprint density at radius 1 is 1.03 bits per heavy atom. The van der Waals surface area contributed by atoms with Gasteiger partial charge in [0.2, 0.25) is 0 Å². The summed E-state index contributed by atoms with van der Waals surface area (Å²) < 4.78 is 1.03. The number of hydrogen-bond donors (Lipinski definition) is 1. The number of urea groups is 1. The molecule has 3 saturated heterocycles. The molecule has 0 saturated carbocycles. The molecule has 5 rings (SSSR count). The predicted molar refractivity (Wildman–Crippen MR) is 122 cm³/mol. The molecule has 0 bridgehead atoms. The van der Waals surface area contributed by atoms with E-state index in [2.05, 4.69) is 43.2 Å². The highest BCUT2D eigenvalue weighted by atomic mass is 79.9. The lowest BCUT2D eigenvalue weighted by Crippen LogP contribution is -2.66. The van der Waals surface area contributed by atoms with Crippen LogP contribution < -0.4 is 10.2 Å². The Labute approximate surface area is 190 Å². The van der Waals surface area contributed by atoms with Crippen molar-refractivity contribution in [3.63, 3.8) is 0 Å². The van der Waals surface area contributed by atoms with Crippen LogP contribution in [0.3, 0.4) is 0 Å². The first-order chi connectivity index (χ1) is 15.0. The second kappa shape index (κ2) is 8.26. The van der Waals surface area contributed by atoms with Crippen LogP contribution >= 0.6 is 15.9 Å². The smallest absolute Gasteiger partial charge is 0.327 e.